The van der Waals surface area contributed by atoms with Gasteiger partial charge in [0.2, 0.25) is 0 Å². The summed E-state index contributed by atoms with van der Waals surface area (Å²) in [5.74, 6) is 0.138. The number of esters is 1. The lowest BCUT2D eigenvalue weighted by Crippen LogP contribution is -2.28. The van der Waals surface area contributed by atoms with Gasteiger partial charge >= 0.3 is 5.97 Å². The van der Waals surface area contributed by atoms with Crippen LogP contribution in [0.1, 0.15) is 34.1 Å². The molecule has 0 saturated heterocycles. The summed E-state index contributed by atoms with van der Waals surface area (Å²) in [6.45, 7) is 15.7. The Morgan fingerprint density at radius 1 is 0.514 bits per heavy atom. The molecule has 0 spiro atoms. The molecule has 0 radical (unpaired) electrons. The summed E-state index contributed by atoms with van der Waals surface area (Å²) in [5, 5.41) is 0. The average molecular weight is 541 g/mol. The highest BCUT2D eigenvalue weighted by Crippen LogP contribution is 2.09. The van der Waals surface area contributed by atoms with Gasteiger partial charge in [0.1, 0.15) is 0 Å². The molecular weight excluding hydrogens is 488 g/mol. The Kier molecular flexibility index (Phi) is 27.4. The molecule has 37 heavy (non-hydrogen) atoms. The van der Waals surface area contributed by atoms with Crippen LogP contribution < -0.4 is 0 Å². The minimum absolute atomic E-state index is 0.109. The molecule has 0 heterocycles. The van der Waals surface area contributed by atoms with Crippen molar-refractivity contribution in [3.63, 3.8) is 0 Å². The second kappa shape index (κ2) is 28.1. The van der Waals surface area contributed by atoms with Gasteiger partial charge in [0.25, 0.3) is 0 Å². The van der Waals surface area contributed by atoms with Crippen molar-refractivity contribution in [3.8, 4) is 0 Å². The molecule has 2 atom stereocenters. The van der Waals surface area contributed by atoms with E-state index in [9.17, 15) is 4.79 Å². The van der Waals surface area contributed by atoms with E-state index in [1.807, 2.05) is 6.92 Å². The van der Waals surface area contributed by atoms with E-state index in [0.29, 0.717) is 112 Å². The van der Waals surface area contributed by atoms with Gasteiger partial charge in [-0.25, -0.2) is 4.79 Å². The van der Waals surface area contributed by atoms with Gasteiger partial charge in [-0.05, 0) is 26.2 Å². The van der Waals surface area contributed by atoms with Crippen LogP contribution in [0.25, 0.3) is 0 Å². The first-order chi connectivity index (χ1) is 18.0. The van der Waals surface area contributed by atoms with Crippen LogP contribution in [0.3, 0.4) is 0 Å². The summed E-state index contributed by atoms with van der Waals surface area (Å²) in [6.07, 6.45) is 0.119. The summed E-state index contributed by atoms with van der Waals surface area (Å²) in [5.41, 5.74) is 0. The molecule has 11 heteroatoms. The predicted molar refractivity (Wildman–Crippen MR) is 138 cm³/mol. The number of rotatable bonds is 29. The number of hydrogen-bond donors (Lipinski definition) is 0. The summed E-state index contributed by atoms with van der Waals surface area (Å²) >= 11 is 0. The Balaban J connectivity index is 3.23. The molecule has 0 amide bonds. The second-order valence-corrected chi connectivity index (χ2v) is 8.67. The van der Waals surface area contributed by atoms with Crippen LogP contribution in [0.4, 0.5) is 0 Å². The highest BCUT2D eigenvalue weighted by Gasteiger charge is 2.18. The second-order valence-electron chi connectivity index (χ2n) is 8.67. The normalized spacial score (nSPS) is 13.2. The van der Waals surface area contributed by atoms with E-state index >= 15 is 0 Å². The van der Waals surface area contributed by atoms with E-state index in [1.54, 1.807) is 14.0 Å². The zero-order valence-corrected chi connectivity index (χ0v) is 23.7. The molecule has 222 valence electrons. The Morgan fingerprint density at radius 2 is 0.838 bits per heavy atom. The summed E-state index contributed by atoms with van der Waals surface area (Å²) < 4.78 is 53.6. The molecule has 0 fully saturated rings. The van der Waals surface area contributed by atoms with Crippen LogP contribution in [0.2, 0.25) is 0 Å². The number of hydrogen-bond acceptors (Lipinski definition) is 11. The minimum Gasteiger partial charge on any atom is -0.461 e. The zero-order valence-electron chi connectivity index (χ0n) is 23.7. The topological polar surface area (TPSA) is 109 Å². The summed E-state index contributed by atoms with van der Waals surface area (Å²) in [4.78, 5) is 12.0. The zero-order chi connectivity index (χ0) is 27.4. The van der Waals surface area contributed by atoms with Crippen molar-refractivity contribution in [3.05, 3.63) is 0 Å². The van der Waals surface area contributed by atoms with Crippen LogP contribution in [0.5, 0.6) is 0 Å². The molecule has 0 aliphatic carbocycles. The highest BCUT2D eigenvalue weighted by atomic mass is 16.6. The van der Waals surface area contributed by atoms with Crippen LogP contribution in [0.15, 0.2) is 0 Å². The predicted octanol–water partition coefficient (Wildman–Crippen LogP) is 2.13. The van der Waals surface area contributed by atoms with Crippen molar-refractivity contribution < 1.29 is 52.2 Å². The molecule has 0 N–H and O–H groups in total. The van der Waals surface area contributed by atoms with Gasteiger partial charge in [-0.1, -0.05) is 13.8 Å². The maximum absolute atomic E-state index is 12.0. The smallest absolute Gasteiger partial charge is 0.335 e. The third kappa shape index (κ3) is 27.9. The lowest BCUT2D eigenvalue weighted by Gasteiger charge is -2.18. The average Bonchev–Trinajstić information content (AvgIpc) is 2.85. The minimum atomic E-state index is -0.606. The lowest BCUT2D eigenvalue weighted by molar-refractivity contribution is -0.162. The molecule has 11 nitrogen and oxygen atoms in total. The monoisotopic (exact) mass is 540 g/mol. The fraction of sp³-hybridized carbons (Fsp3) is 0.962. The third-order valence-corrected chi connectivity index (χ3v) is 4.71. The van der Waals surface area contributed by atoms with E-state index in [4.69, 9.17) is 47.4 Å². The lowest BCUT2D eigenvalue weighted by atomic mass is 10.1. The molecule has 0 aromatic rings. The Hall–Kier alpha value is -0.890. The summed E-state index contributed by atoms with van der Waals surface area (Å²) in [7, 11) is 1.64. The first-order valence-corrected chi connectivity index (χ1v) is 13.3. The van der Waals surface area contributed by atoms with Crippen LogP contribution in [0, 0.1) is 5.92 Å². The number of carbonyl (C=O) groups excluding carboxylic acids is 1. The maximum atomic E-state index is 12.0. The third-order valence-electron chi connectivity index (χ3n) is 4.71. The van der Waals surface area contributed by atoms with Crippen molar-refractivity contribution >= 4 is 5.97 Å². The molecule has 0 aliphatic rings. The molecule has 0 aliphatic heterocycles. The van der Waals surface area contributed by atoms with Crippen molar-refractivity contribution in [1.82, 2.24) is 0 Å². The number of ether oxygens (including phenoxy) is 10. The Labute approximate surface area is 223 Å². The van der Waals surface area contributed by atoms with Gasteiger partial charge in [0.15, 0.2) is 6.10 Å². The molecule has 0 aromatic carbocycles. The van der Waals surface area contributed by atoms with Gasteiger partial charge < -0.3 is 47.4 Å². The van der Waals surface area contributed by atoms with E-state index in [1.165, 1.54) is 0 Å². The quantitative estimate of drug-likeness (QED) is 0.103. The molecular formula is C26H52O11. The van der Waals surface area contributed by atoms with Gasteiger partial charge in [0.05, 0.1) is 112 Å². The Bertz CT molecular complexity index is 479. The Morgan fingerprint density at radius 3 is 1.16 bits per heavy atom. The largest absolute Gasteiger partial charge is 0.461 e. The molecule has 0 bridgehead atoms. The van der Waals surface area contributed by atoms with Gasteiger partial charge in [-0.15, -0.1) is 0 Å². The first kappa shape index (κ1) is 36.1. The molecule has 2 unspecified atom stereocenters. The highest BCUT2D eigenvalue weighted by molar-refractivity contribution is 5.74. The van der Waals surface area contributed by atoms with E-state index < -0.39 is 6.10 Å². The molecule has 0 aromatic heterocycles. The first-order valence-electron chi connectivity index (χ1n) is 13.3. The fourth-order valence-electron chi connectivity index (χ4n) is 2.92. The number of carbonyl (C=O) groups is 1. The van der Waals surface area contributed by atoms with Gasteiger partial charge in [-0.3, -0.25) is 0 Å². The standard InChI is InChI=1S/C26H52O11/c1-23(2)22-24(3)37-26(27)25(4)36-21-20-35-19-18-34-17-16-33-15-14-32-13-12-31-11-10-30-9-8-29-7-6-28-5/h23-25H,6-22H2,1-5H3. The van der Waals surface area contributed by atoms with Crippen LogP contribution in [-0.2, 0) is 52.2 Å². The van der Waals surface area contributed by atoms with Crippen LogP contribution >= 0.6 is 0 Å². The van der Waals surface area contributed by atoms with Crippen molar-refractivity contribution in [1.29, 1.82) is 0 Å². The van der Waals surface area contributed by atoms with Crippen molar-refractivity contribution in [2.45, 2.75) is 46.3 Å². The molecule has 0 saturated carbocycles. The van der Waals surface area contributed by atoms with Crippen molar-refractivity contribution in [2.24, 2.45) is 5.92 Å². The van der Waals surface area contributed by atoms with Crippen molar-refractivity contribution in [2.75, 3.05) is 113 Å². The molecule has 0 rings (SSSR count). The summed E-state index contributed by atoms with van der Waals surface area (Å²) in [6, 6.07) is 0. The number of methoxy groups -OCH3 is 1. The van der Waals surface area contributed by atoms with Gasteiger partial charge in [-0.2, -0.15) is 0 Å². The van der Waals surface area contributed by atoms with Gasteiger partial charge in [0, 0.05) is 7.11 Å². The van der Waals surface area contributed by atoms with E-state index in [-0.39, 0.29) is 12.1 Å². The van der Waals surface area contributed by atoms with E-state index in [2.05, 4.69) is 13.8 Å². The maximum Gasteiger partial charge on any atom is 0.335 e. The van der Waals surface area contributed by atoms with E-state index in [0.717, 1.165) is 6.42 Å². The fourth-order valence-corrected chi connectivity index (χ4v) is 2.92. The SMILES string of the molecule is COCCOCCOCCOCCOCCOCCOCCOCCOC(C)C(=O)OC(C)CC(C)C. The van der Waals surface area contributed by atoms with Crippen LogP contribution in [-0.4, -0.2) is 131 Å².